The van der Waals surface area contributed by atoms with Crippen LogP contribution in [0.25, 0.3) is 16.7 Å². The van der Waals surface area contributed by atoms with E-state index < -0.39 is 0 Å². The Balaban J connectivity index is 1.62. The highest BCUT2D eigenvalue weighted by Crippen LogP contribution is 2.23. The molecule has 4 rings (SSSR count). The van der Waals surface area contributed by atoms with Gasteiger partial charge in [-0.2, -0.15) is 5.10 Å². The summed E-state index contributed by atoms with van der Waals surface area (Å²) in [7, 11) is 0. The first-order valence-corrected chi connectivity index (χ1v) is 8.92. The number of nitrogens with one attached hydrogen (secondary N) is 2. The minimum absolute atomic E-state index is 0.239. The number of anilines is 1. The molecule has 0 aliphatic heterocycles. The normalized spacial score (nSPS) is 10.8. The fourth-order valence-corrected chi connectivity index (χ4v) is 3.14. The van der Waals surface area contributed by atoms with Crippen LogP contribution in [0.2, 0.25) is 0 Å². The molecular formula is C21H20N6O. The van der Waals surface area contributed by atoms with Gasteiger partial charge in [-0.1, -0.05) is 35.4 Å². The molecule has 1 amide bonds. The highest BCUT2D eigenvalue weighted by Gasteiger charge is 2.13. The highest BCUT2D eigenvalue weighted by atomic mass is 16.2. The molecule has 0 atom stereocenters. The summed E-state index contributed by atoms with van der Waals surface area (Å²) in [5, 5.41) is 5.19. The van der Waals surface area contributed by atoms with Crippen LogP contribution in [0.5, 0.6) is 0 Å². The first-order chi connectivity index (χ1) is 13.5. The van der Waals surface area contributed by atoms with Gasteiger partial charge in [-0.05, 0) is 44.5 Å². The largest absolute Gasteiger partial charge is 0.281 e. The monoisotopic (exact) mass is 372 g/mol. The number of carbonyl (C=O) groups excluding carboxylic acids is 1. The molecule has 0 saturated carbocycles. The van der Waals surface area contributed by atoms with Gasteiger partial charge in [-0.15, -0.1) is 0 Å². The lowest BCUT2D eigenvalue weighted by Gasteiger charge is -2.10. The topological polar surface area (TPSA) is 84.7 Å². The zero-order valence-corrected chi connectivity index (χ0v) is 15.9. The number of aryl methyl sites for hydroxylation is 3. The molecule has 7 heteroatoms. The van der Waals surface area contributed by atoms with Crippen molar-refractivity contribution in [1.82, 2.24) is 25.2 Å². The third-order valence-electron chi connectivity index (χ3n) is 4.52. The minimum Gasteiger partial charge on any atom is -0.281 e. The van der Waals surface area contributed by atoms with Gasteiger partial charge in [0.15, 0.2) is 11.5 Å². The lowest BCUT2D eigenvalue weighted by molar-refractivity contribution is 0.0962. The Morgan fingerprint density at radius 3 is 2.61 bits per heavy atom. The van der Waals surface area contributed by atoms with E-state index in [1.165, 1.54) is 11.9 Å². The molecule has 2 aromatic heterocycles. The van der Waals surface area contributed by atoms with Crippen LogP contribution < -0.4 is 10.9 Å². The summed E-state index contributed by atoms with van der Waals surface area (Å²) >= 11 is 0. The number of nitrogens with zero attached hydrogens (tertiary/aromatic N) is 4. The van der Waals surface area contributed by atoms with E-state index in [9.17, 15) is 4.79 Å². The number of aromatic nitrogens is 4. The standard InChI is InChI=1S/C21H20N6O/c1-13-5-4-6-16(10-13)21(28)26-25-19-17-11-24-27(20(17)23-12-22-19)18-8-7-14(2)9-15(18)3/h4-12H,1-3H3,(H,26,28)(H,22,23,25). The van der Waals surface area contributed by atoms with Crippen molar-refractivity contribution in [3.63, 3.8) is 0 Å². The smallest absolute Gasteiger partial charge is 0.269 e. The van der Waals surface area contributed by atoms with Crippen molar-refractivity contribution >= 4 is 22.8 Å². The predicted octanol–water partition coefficient (Wildman–Crippen LogP) is 3.50. The number of benzene rings is 2. The second-order valence-corrected chi connectivity index (χ2v) is 6.75. The third-order valence-corrected chi connectivity index (χ3v) is 4.52. The summed E-state index contributed by atoms with van der Waals surface area (Å²) in [5.74, 6) is 0.249. The molecular weight excluding hydrogens is 352 g/mol. The molecule has 28 heavy (non-hydrogen) atoms. The zero-order chi connectivity index (χ0) is 19.7. The molecule has 2 aromatic carbocycles. The van der Waals surface area contributed by atoms with Crippen LogP contribution >= 0.6 is 0 Å². The predicted molar refractivity (Wildman–Crippen MR) is 108 cm³/mol. The van der Waals surface area contributed by atoms with E-state index >= 15 is 0 Å². The quantitative estimate of drug-likeness (QED) is 0.536. The number of hydrazine groups is 1. The van der Waals surface area contributed by atoms with E-state index in [-0.39, 0.29) is 5.91 Å². The van der Waals surface area contributed by atoms with Gasteiger partial charge in [0.2, 0.25) is 0 Å². The molecule has 0 saturated heterocycles. The highest BCUT2D eigenvalue weighted by molar-refractivity contribution is 5.96. The SMILES string of the molecule is Cc1cccc(C(=O)NNc2ncnc3c2cnn3-c2ccc(C)cc2C)c1. The molecule has 140 valence electrons. The van der Waals surface area contributed by atoms with Crippen LogP contribution in [0.15, 0.2) is 55.0 Å². The summed E-state index contributed by atoms with van der Waals surface area (Å²) in [4.78, 5) is 21.0. The first-order valence-electron chi connectivity index (χ1n) is 8.92. The van der Waals surface area contributed by atoms with Gasteiger partial charge < -0.3 is 0 Å². The second kappa shape index (κ2) is 7.11. The molecule has 0 aliphatic carbocycles. The molecule has 0 spiro atoms. The zero-order valence-electron chi connectivity index (χ0n) is 15.9. The lowest BCUT2D eigenvalue weighted by atomic mass is 10.1. The Morgan fingerprint density at radius 1 is 1.00 bits per heavy atom. The average molecular weight is 372 g/mol. The van der Waals surface area contributed by atoms with Crippen molar-refractivity contribution in [1.29, 1.82) is 0 Å². The van der Waals surface area contributed by atoms with Crippen molar-refractivity contribution in [2.45, 2.75) is 20.8 Å². The van der Waals surface area contributed by atoms with Gasteiger partial charge in [-0.25, -0.2) is 14.6 Å². The molecule has 2 heterocycles. The van der Waals surface area contributed by atoms with Crippen molar-refractivity contribution in [3.05, 3.63) is 77.2 Å². The van der Waals surface area contributed by atoms with E-state index in [0.717, 1.165) is 16.8 Å². The van der Waals surface area contributed by atoms with Crippen molar-refractivity contribution in [2.75, 3.05) is 5.43 Å². The van der Waals surface area contributed by atoms with Crippen molar-refractivity contribution in [3.8, 4) is 5.69 Å². The van der Waals surface area contributed by atoms with Gasteiger partial charge in [-0.3, -0.25) is 15.6 Å². The van der Waals surface area contributed by atoms with E-state index in [1.807, 2.05) is 44.2 Å². The first kappa shape index (κ1) is 17.7. The van der Waals surface area contributed by atoms with E-state index in [0.29, 0.717) is 22.4 Å². The number of fused-ring (bicyclic) bond motifs is 1. The van der Waals surface area contributed by atoms with Gasteiger partial charge >= 0.3 is 0 Å². The van der Waals surface area contributed by atoms with Crippen LogP contribution in [-0.2, 0) is 0 Å². The molecule has 0 bridgehead atoms. The Bertz CT molecular complexity index is 1180. The Labute approximate surface area is 162 Å². The average Bonchev–Trinajstić information content (AvgIpc) is 3.10. The molecule has 2 N–H and O–H groups in total. The molecule has 4 aromatic rings. The summed E-state index contributed by atoms with van der Waals surface area (Å²) in [5.41, 5.74) is 11.1. The Kier molecular flexibility index (Phi) is 4.49. The van der Waals surface area contributed by atoms with Crippen LogP contribution in [-0.4, -0.2) is 25.7 Å². The van der Waals surface area contributed by atoms with Crippen LogP contribution in [0, 0.1) is 20.8 Å². The molecule has 0 unspecified atom stereocenters. The fourth-order valence-electron chi connectivity index (χ4n) is 3.14. The molecule has 0 radical (unpaired) electrons. The molecule has 0 aliphatic rings. The second-order valence-electron chi connectivity index (χ2n) is 6.75. The molecule has 7 nitrogen and oxygen atoms in total. The molecule has 0 fully saturated rings. The van der Waals surface area contributed by atoms with E-state index in [4.69, 9.17) is 0 Å². The summed E-state index contributed by atoms with van der Waals surface area (Å²) in [6, 6.07) is 13.5. The lowest BCUT2D eigenvalue weighted by Crippen LogP contribution is -2.29. The Hall–Kier alpha value is -3.74. The number of carbonyl (C=O) groups is 1. The fraction of sp³-hybridized carbons (Fsp3) is 0.143. The maximum absolute atomic E-state index is 12.4. The Morgan fingerprint density at radius 2 is 1.82 bits per heavy atom. The van der Waals surface area contributed by atoms with Crippen molar-refractivity contribution in [2.24, 2.45) is 0 Å². The van der Waals surface area contributed by atoms with E-state index in [1.54, 1.807) is 16.9 Å². The maximum atomic E-state index is 12.4. The van der Waals surface area contributed by atoms with Crippen LogP contribution in [0.1, 0.15) is 27.0 Å². The third kappa shape index (κ3) is 3.29. The number of hydrogen-bond acceptors (Lipinski definition) is 5. The van der Waals surface area contributed by atoms with Gasteiger partial charge in [0.05, 0.1) is 17.3 Å². The summed E-state index contributed by atoms with van der Waals surface area (Å²) in [6.07, 6.45) is 3.14. The van der Waals surface area contributed by atoms with Gasteiger partial charge in [0.25, 0.3) is 5.91 Å². The summed E-state index contributed by atoms with van der Waals surface area (Å²) in [6.45, 7) is 6.04. The van der Waals surface area contributed by atoms with Gasteiger partial charge in [0, 0.05) is 5.56 Å². The number of hydrogen-bond donors (Lipinski definition) is 2. The van der Waals surface area contributed by atoms with Crippen LogP contribution in [0.4, 0.5) is 5.82 Å². The van der Waals surface area contributed by atoms with E-state index in [2.05, 4.69) is 38.9 Å². The van der Waals surface area contributed by atoms with Gasteiger partial charge in [0.1, 0.15) is 6.33 Å². The number of rotatable bonds is 4. The minimum atomic E-state index is -0.239. The van der Waals surface area contributed by atoms with Crippen molar-refractivity contribution < 1.29 is 4.79 Å². The maximum Gasteiger partial charge on any atom is 0.269 e. The number of amides is 1. The van der Waals surface area contributed by atoms with Crippen LogP contribution in [0.3, 0.4) is 0 Å². The summed E-state index contributed by atoms with van der Waals surface area (Å²) < 4.78 is 1.78.